The van der Waals surface area contributed by atoms with Crippen molar-refractivity contribution in [3.05, 3.63) is 52.4 Å². The fourth-order valence-electron chi connectivity index (χ4n) is 3.01. The number of carbonyl (C=O) groups is 1. The lowest BCUT2D eigenvalue weighted by Crippen LogP contribution is -2.51. The molecular formula is C18H22ClN3O3S2. The SMILES string of the molecule is C[C@H](NC(=O)CN1CCN(S(=O)(=O)c2cccs2)CC1)c1cccc(Cl)c1. The third-order valence-corrected chi connectivity index (χ3v) is 8.02. The van der Waals surface area contributed by atoms with Gasteiger partial charge in [-0.3, -0.25) is 9.69 Å². The lowest BCUT2D eigenvalue weighted by molar-refractivity contribution is -0.123. The molecular weight excluding hydrogens is 406 g/mol. The van der Waals surface area contributed by atoms with Crippen LogP contribution in [0.25, 0.3) is 0 Å². The Morgan fingerprint density at radius 3 is 2.59 bits per heavy atom. The van der Waals surface area contributed by atoms with Crippen LogP contribution in [0.3, 0.4) is 0 Å². The minimum Gasteiger partial charge on any atom is -0.348 e. The molecule has 0 bridgehead atoms. The summed E-state index contributed by atoms with van der Waals surface area (Å²) in [7, 11) is -3.42. The van der Waals surface area contributed by atoms with Gasteiger partial charge in [0.05, 0.1) is 12.6 Å². The topological polar surface area (TPSA) is 69.7 Å². The Morgan fingerprint density at radius 2 is 1.96 bits per heavy atom. The van der Waals surface area contributed by atoms with E-state index in [0.717, 1.165) is 5.56 Å². The quantitative estimate of drug-likeness (QED) is 0.769. The standard InChI is InChI=1S/C18H22ClN3O3S2/c1-14(15-4-2-5-16(19)12-15)20-17(23)13-21-7-9-22(10-8-21)27(24,25)18-6-3-11-26-18/h2-6,11-12,14H,7-10,13H2,1H3,(H,20,23)/t14-/m0/s1. The number of carbonyl (C=O) groups excluding carboxylic acids is 1. The Hall–Kier alpha value is -1.45. The Kier molecular flexibility index (Phi) is 6.54. The summed E-state index contributed by atoms with van der Waals surface area (Å²) in [4.78, 5) is 14.3. The van der Waals surface area contributed by atoms with Gasteiger partial charge < -0.3 is 5.32 Å². The highest BCUT2D eigenvalue weighted by atomic mass is 35.5. The first-order valence-corrected chi connectivity index (χ1v) is 11.4. The molecule has 1 atom stereocenters. The van der Waals surface area contributed by atoms with Crippen LogP contribution in [-0.2, 0) is 14.8 Å². The first-order valence-electron chi connectivity index (χ1n) is 8.67. The fraction of sp³-hybridized carbons (Fsp3) is 0.389. The Balaban J connectivity index is 1.49. The van der Waals surface area contributed by atoms with Gasteiger partial charge in [-0.25, -0.2) is 8.42 Å². The van der Waals surface area contributed by atoms with Gasteiger partial charge in [0.15, 0.2) is 0 Å². The van der Waals surface area contributed by atoms with Crippen molar-refractivity contribution in [1.82, 2.24) is 14.5 Å². The first-order chi connectivity index (χ1) is 12.9. The van der Waals surface area contributed by atoms with E-state index in [1.165, 1.54) is 15.6 Å². The van der Waals surface area contributed by atoms with Crippen molar-refractivity contribution in [2.24, 2.45) is 0 Å². The molecule has 1 fully saturated rings. The smallest absolute Gasteiger partial charge is 0.252 e. The van der Waals surface area contributed by atoms with Crippen LogP contribution in [0.5, 0.6) is 0 Å². The summed E-state index contributed by atoms with van der Waals surface area (Å²) in [5.74, 6) is -0.0861. The summed E-state index contributed by atoms with van der Waals surface area (Å²) in [6.07, 6.45) is 0. The van der Waals surface area contributed by atoms with Crippen LogP contribution in [-0.4, -0.2) is 56.3 Å². The van der Waals surface area contributed by atoms with Crippen LogP contribution >= 0.6 is 22.9 Å². The fourth-order valence-corrected chi connectivity index (χ4v) is 5.78. The zero-order chi connectivity index (χ0) is 19.4. The normalized spacial score (nSPS) is 17.6. The summed E-state index contributed by atoms with van der Waals surface area (Å²) in [5, 5.41) is 5.36. The molecule has 0 aliphatic carbocycles. The Morgan fingerprint density at radius 1 is 1.22 bits per heavy atom. The molecule has 27 heavy (non-hydrogen) atoms. The second-order valence-corrected chi connectivity index (χ2v) is 10.0. The number of piperazine rings is 1. The lowest BCUT2D eigenvalue weighted by atomic mass is 10.1. The largest absolute Gasteiger partial charge is 0.348 e. The molecule has 3 rings (SSSR count). The molecule has 0 unspecified atom stereocenters. The molecule has 0 saturated carbocycles. The number of benzene rings is 1. The van der Waals surface area contributed by atoms with Gasteiger partial charge in [0.25, 0.3) is 10.0 Å². The molecule has 2 heterocycles. The van der Waals surface area contributed by atoms with Crippen molar-refractivity contribution >= 4 is 38.9 Å². The number of hydrogen-bond acceptors (Lipinski definition) is 5. The minimum absolute atomic E-state index is 0.0861. The maximum Gasteiger partial charge on any atom is 0.252 e. The van der Waals surface area contributed by atoms with E-state index in [4.69, 9.17) is 11.6 Å². The second-order valence-electron chi connectivity index (χ2n) is 6.46. The molecule has 0 radical (unpaired) electrons. The van der Waals surface area contributed by atoms with Crippen LogP contribution in [0.15, 0.2) is 46.0 Å². The van der Waals surface area contributed by atoms with Gasteiger partial charge >= 0.3 is 0 Å². The summed E-state index contributed by atoms with van der Waals surface area (Å²) >= 11 is 7.22. The molecule has 1 aromatic heterocycles. The van der Waals surface area contributed by atoms with Gasteiger partial charge in [0.2, 0.25) is 5.91 Å². The van der Waals surface area contributed by atoms with Crippen LogP contribution < -0.4 is 5.32 Å². The predicted molar refractivity (Wildman–Crippen MR) is 108 cm³/mol. The van der Waals surface area contributed by atoms with E-state index < -0.39 is 10.0 Å². The average molecular weight is 428 g/mol. The second kappa shape index (κ2) is 8.70. The van der Waals surface area contributed by atoms with Gasteiger partial charge in [-0.1, -0.05) is 29.8 Å². The third-order valence-electron chi connectivity index (χ3n) is 4.51. The minimum atomic E-state index is -3.42. The van der Waals surface area contributed by atoms with E-state index >= 15 is 0 Å². The van der Waals surface area contributed by atoms with Crippen molar-refractivity contribution in [3.63, 3.8) is 0 Å². The van der Waals surface area contributed by atoms with E-state index in [-0.39, 0.29) is 18.5 Å². The van der Waals surface area contributed by atoms with Gasteiger partial charge in [-0.2, -0.15) is 4.31 Å². The summed E-state index contributed by atoms with van der Waals surface area (Å²) in [5.41, 5.74) is 0.947. The zero-order valence-corrected chi connectivity index (χ0v) is 17.4. The van der Waals surface area contributed by atoms with E-state index in [0.29, 0.717) is 35.4 Å². The monoisotopic (exact) mass is 427 g/mol. The number of halogens is 1. The van der Waals surface area contributed by atoms with E-state index in [9.17, 15) is 13.2 Å². The molecule has 9 heteroatoms. The molecule has 1 aliphatic heterocycles. The Labute approximate surface area is 168 Å². The molecule has 1 aliphatic rings. The number of thiophene rings is 1. The van der Waals surface area contributed by atoms with Crippen LogP contribution in [0, 0.1) is 0 Å². The molecule has 6 nitrogen and oxygen atoms in total. The molecule has 0 spiro atoms. The van der Waals surface area contributed by atoms with Crippen LogP contribution in [0.2, 0.25) is 5.02 Å². The van der Waals surface area contributed by atoms with Crippen LogP contribution in [0.4, 0.5) is 0 Å². The summed E-state index contributed by atoms with van der Waals surface area (Å²) < 4.78 is 26.9. The van der Waals surface area contributed by atoms with Gasteiger partial charge in [-0.15, -0.1) is 11.3 Å². The number of amides is 1. The van der Waals surface area contributed by atoms with Crippen molar-refractivity contribution in [3.8, 4) is 0 Å². The highest BCUT2D eigenvalue weighted by Crippen LogP contribution is 2.22. The molecule has 1 saturated heterocycles. The van der Waals surface area contributed by atoms with Gasteiger partial charge in [0, 0.05) is 31.2 Å². The third kappa shape index (κ3) is 5.08. The first kappa shape index (κ1) is 20.3. The molecule has 1 N–H and O–H groups in total. The number of nitrogens with zero attached hydrogens (tertiary/aromatic N) is 2. The summed E-state index contributed by atoms with van der Waals surface area (Å²) in [6.45, 7) is 3.99. The molecule has 2 aromatic rings. The highest BCUT2D eigenvalue weighted by Gasteiger charge is 2.29. The Bertz CT molecular complexity index is 879. The predicted octanol–water partition coefficient (Wildman–Crippen LogP) is 2.59. The number of hydrogen-bond donors (Lipinski definition) is 1. The number of rotatable bonds is 6. The van der Waals surface area contributed by atoms with Crippen molar-refractivity contribution < 1.29 is 13.2 Å². The number of nitrogens with one attached hydrogen (secondary N) is 1. The van der Waals surface area contributed by atoms with E-state index in [1.807, 2.05) is 30.0 Å². The average Bonchev–Trinajstić information content (AvgIpc) is 3.17. The molecule has 1 aromatic carbocycles. The highest BCUT2D eigenvalue weighted by molar-refractivity contribution is 7.91. The maximum atomic E-state index is 12.5. The van der Waals surface area contributed by atoms with Gasteiger partial charge in [0.1, 0.15) is 4.21 Å². The van der Waals surface area contributed by atoms with E-state index in [2.05, 4.69) is 5.32 Å². The van der Waals surface area contributed by atoms with Crippen LogP contribution in [0.1, 0.15) is 18.5 Å². The lowest BCUT2D eigenvalue weighted by Gasteiger charge is -2.33. The van der Waals surface area contributed by atoms with Crippen molar-refractivity contribution in [2.75, 3.05) is 32.7 Å². The summed E-state index contributed by atoms with van der Waals surface area (Å²) in [6, 6.07) is 10.6. The van der Waals surface area contributed by atoms with E-state index in [1.54, 1.807) is 23.6 Å². The zero-order valence-electron chi connectivity index (χ0n) is 15.0. The maximum absolute atomic E-state index is 12.5. The molecule has 1 amide bonds. The molecule has 146 valence electrons. The number of sulfonamides is 1. The van der Waals surface area contributed by atoms with Crippen molar-refractivity contribution in [1.29, 1.82) is 0 Å². The van der Waals surface area contributed by atoms with Crippen molar-refractivity contribution in [2.45, 2.75) is 17.2 Å². The van der Waals surface area contributed by atoms with Gasteiger partial charge in [-0.05, 0) is 36.1 Å².